The summed E-state index contributed by atoms with van der Waals surface area (Å²) in [6.45, 7) is 3.16. The first kappa shape index (κ1) is 21.0. The lowest BCUT2D eigenvalue weighted by molar-refractivity contribution is -0.115. The number of aliphatic imine (C=N–C) groups is 1. The van der Waals surface area contributed by atoms with Crippen molar-refractivity contribution in [3.8, 4) is 11.3 Å². The molecule has 1 amide bonds. The number of aryl methyl sites for hydroxylation is 1. The van der Waals surface area contributed by atoms with E-state index in [9.17, 15) is 4.79 Å². The summed E-state index contributed by atoms with van der Waals surface area (Å²) in [7, 11) is 1.66. The number of rotatable bonds is 6. The van der Waals surface area contributed by atoms with Gasteiger partial charge in [0.05, 0.1) is 35.8 Å². The van der Waals surface area contributed by atoms with E-state index >= 15 is 0 Å². The van der Waals surface area contributed by atoms with Crippen LogP contribution in [0.15, 0.2) is 53.8 Å². The minimum Gasteiger partial charge on any atom is -0.383 e. The number of amides is 1. The molecule has 0 radical (unpaired) electrons. The molecule has 0 fully saturated rings. The van der Waals surface area contributed by atoms with Crippen molar-refractivity contribution in [2.45, 2.75) is 13.3 Å². The van der Waals surface area contributed by atoms with Crippen LogP contribution in [0.2, 0.25) is 5.02 Å². The zero-order valence-electron chi connectivity index (χ0n) is 17.3. The maximum absolute atomic E-state index is 12.5. The molecule has 31 heavy (non-hydrogen) atoms. The Kier molecular flexibility index (Phi) is 6.25. The van der Waals surface area contributed by atoms with Crippen molar-refractivity contribution in [2.75, 3.05) is 30.9 Å². The van der Waals surface area contributed by atoms with Crippen LogP contribution in [-0.4, -0.2) is 41.8 Å². The number of fused-ring (bicyclic) bond motifs is 1. The summed E-state index contributed by atoms with van der Waals surface area (Å²) in [6, 6.07) is 13.4. The molecule has 2 heterocycles. The molecule has 158 valence electrons. The maximum Gasteiger partial charge on any atom is 0.230 e. The highest BCUT2D eigenvalue weighted by molar-refractivity contribution is 6.32. The van der Waals surface area contributed by atoms with Crippen LogP contribution < -0.4 is 10.6 Å². The number of aromatic nitrogens is 2. The average molecular weight is 436 g/mol. The monoisotopic (exact) mass is 435 g/mol. The van der Waals surface area contributed by atoms with E-state index in [1.54, 1.807) is 13.2 Å². The summed E-state index contributed by atoms with van der Waals surface area (Å²) in [5.74, 6) is 0.592. The zero-order chi connectivity index (χ0) is 21.8. The smallest absolute Gasteiger partial charge is 0.230 e. The number of nitrogens with zero attached hydrogens (tertiary/aromatic N) is 3. The van der Waals surface area contributed by atoms with Gasteiger partial charge >= 0.3 is 0 Å². The molecule has 1 aromatic heterocycles. The fourth-order valence-corrected chi connectivity index (χ4v) is 3.47. The molecule has 0 spiro atoms. The second-order valence-electron chi connectivity index (χ2n) is 7.19. The van der Waals surface area contributed by atoms with Crippen molar-refractivity contribution in [3.63, 3.8) is 0 Å². The molecule has 0 saturated carbocycles. The highest BCUT2D eigenvalue weighted by atomic mass is 35.5. The van der Waals surface area contributed by atoms with Gasteiger partial charge in [-0.15, -0.1) is 0 Å². The molecular formula is C23H22ClN5O2. The molecule has 0 bridgehead atoms. The van der Waals surface area contributed by atoms with Crippen LogP contribution >= 0.6 is 11.6 Å². The lowest BCUT2D eigenvalue weighted by atomic mass is 10.0. The van der Waals surface area contributed by atoms with E-state index in [4.69, 9.17) is 21.3 Å². The lowest BCUT2D eigenvalue weighted by Gasteiger charge is -2.09. The van der Waals surface area contributed by atoms with Gasteiger partial charge in [-0.25, -0.2) is 9.97 Å². The predicted molar refractivity (Wildman–Crippen MR) is 123 cm³/mol. The van der Waals surface area contributed by atoms with Crippen LogP contribution in [0.3, 0.4) is 0 Å². The Morgan fingerprint density at radius 1 is 1.16 bits per heavy atom. The van der Waals surface area contributed by atoms with Gasteiger partial charge in [-0.1, -0.05) is 29.8 Å². The van der Waals surface area contributed by atoms with Crippen molar-refractivity contribution in [3.05, 3.63) is 64.9 Å². The first-order valence-corrected chi connectivity index (χ1v) is 10.2. The number of carbonyl (C=O) groups excluding carboxylic acids is 1. The van der Waals surface area contributed by atoms with E-state index in [-0.39, 0.29) is 12.3 Å². The largest absolute Gasteiger partial charge is 0.383 e. The molecule has 0 saturated heterocycles. The molecule has 2 N–H and O–H groups in total. The van der Waals surface area contributed by atoms with E-state index in [2.05, 4.69) is 20.6 Å². The highest BCUT2D eigenvalue weighted by Gasteiger charge is 2.19. The van der Waals surface area contributed by atoms with Crippen molar-refractivity contribution in [1.29, 1.82) is 0 Å². The van der Waals surface area contributed by atoms with Gasteiger partial charge < -0.3 is 15.4 Å². The normalized spacial score (nSPS) is 13.1. The summed E-state index contributed by atoms with van der Waals surface area (Å²) in [5.41, 5.74) is 5.46. The second kappa shape index (κ2) is 9.24. The minimum atomic E-state index is -0.130. The van der Waals surface area contributed by atoms with Gasteiger partial charge in [-0.05, 0) is 36.2 Å². The fraction of sp³-hybridized carbons (Fsp3) is 0.217. The van der Waals surface area contributed by atoms with Crippen molar-refractivity contribution < 1.29 is 9.53 Å². The van der Waals surface area contributed by atoms with Crippen LogP contribution in [0.4, 0.5) is 17.2 Å². The van der Waals surface area contributed by atoms with Crippen LogP contribution in [0.25, 0.3) is 11.3 Å². The van der Waals surface area contributed by atoms with Gasteiger partial charge in [0.25, 0.3) is 0 Å². The fourth-order valence-electron chi connectivity index (χ4n) is 3.31. The van der Waals surface area contributed by atoms with Gasteiger partial charge in [-0.2, -0.15) is 0 Å². The molecular weight excluding hydrogens is 414 g/mol. The number of carbonyl (C=O) groups is 1. The second-order valence-corrected chi connectivity index (χ2v) is 7.60. The Labute approximate surface area is 185 Å². The van der Waals surface area contributed by atoms with Crippen molar-refractivity contribution in [2.24, 2.45) is 4.99 Å². The first-order chi connectivity index (χ1) is 15.0. The molecule has 0 aliphatic carbocycles. The summed E-state index contributed by atoms with van der Waals surface area (Å²) in [5, 5.41) is 6.69. The van der Waals surface area contributed by atoms with Crippen LogP contribution in [0.5, 0.6) is 0 Å². The van der Waals surface area contributed by atoms with Crippen LogP contribution in [-0.2, 0) is 9.53 Å². The summed E-state index contributed by atoms with van der Waals surface area (Å²) >= 11 is 6.22. The third kappa shape index (κ3) is 4.90. The van der Waals surface area contributed by atoms with Crippen molar-refractivity contribution >= 4 is 40.4 Å². The molecule has 8 heteroatoms. The number of benzene rings is 2. The van der Waals surface area contributed by atoms with Crippen LogP contribution in [0.1, 0.15) is 17.5 Å². The number of ether oxygens (including phenoxy) is 1. The quantitative estimate of drug-likeness (QED) is 0.551. The highest BCUT2D eigenvalue weighted by Crippen LogP contribution is 2.34. The van der Waals surface area contributed by atoms with E-state index in [0.717, 1.165) is 28.2 Å². The number of anilines is 2. The summed E-state index contributed by atoms with van der Waals surface area (Å²) in [4.78, 5) is 25.9. The molecule has 1 aliphatic heterocycles. The Morgan fingerprint density at radius 3 is 2.84 bits per heavy atom. The number of hydrogen-bond acceptors (Lipinski definition) is 6. The lowest BCUT2D eigenvalue weighted by Crippen LogP contribution is -2.15. The standard InChI is InChI=1S/C23H22ClN5O2/c1-14-8-20-21(10-17(14)24)29-23(30)12-19(28-20)16-5-3-4-15(9-16)18-11-22(27-13-26-18)25-6-7-31-2/h3-5,8-11,13H,6-7,12H2,1-2H3,(H,29,30)(H,25,26,27). The predicted octanol–water partition coefficient (Wildman–Crippen LogP) is 4.63. The Bertz CT molecular complexity index is 1160. The third-order valence-corrected chi connectivity index (χ3v) is 5.31. The number of hydrogen-bond donors (Lipinski definition) is 2. The van der Waals surface area contributed by atoms with Crippen molar-refractivity contribution in [1.82, 2.24) is 9.97 Å². The topological polar surface area (TPSA) is 88.5 Å². The minimum absolute atomic E-state index is 0.130. The SMILES string of the molecule is COCCNc1cc(-c2cccc(C3=Nc4cc(C)c(Cl)cc4NC(=O)C3)c2)ncn1. The summed E-state index contributed by atoms with van der Waals surface area (Å²) in [6.07, 6.45) is 1.69. The summed E-state index contributed by atoms with van der Waals surface area (Å²) < 4.78 is 5.06. The maximum atomic E-state index is 12.5. The van der Waals surface area contributed by atoms with Crippen LogP contribution in [0, 0.1) is 6.92 Å². The number of halogens is 1. The Hall–Kier alpha value is -3.29. The molecule has 0 atom stereocenters. The number of nitrogens with one attached hydrogen (secondary N) is 2. The van der Waals surface area contributed by atoms with Gasteiger partial charge in [-0.3, -0.25) is 9.79 Å². The van der Waals surface area contributed by atoms with E-state index < -0.39 is 0 Å². The van der Waals surface area contributed by atoms with Gasteiger partial charge in [0.15, 0.2) is 0 Å². The third-order valence-electron chi connectivity index (χ3n) is 4.91. The number of methoxy groups -OCH3 is 1. The molecule has 3 aromatic rings. The molecule has 0 unspecified atom stereocenters. The van der Waals surface area contributed by atoms with E-state index in [0.29, 0.717) is 35.3 Å². The Morgan fingerprint density at radius 2 is 2.00 bits per heavy atom. The molecule has 7 nitrogen and oxygen atoms in total. The van der Waals surface area contributed by atoms with E-state index in [1.807, 2.05) is 43.3 Å². The molecule has 2 aromatic carbocycles. The molecule has 4 rings (SSSR count). The average Bonchev–Trinajstić information content (AvgIpc) is 2.92. The first-order valence-electron chi connectivity index (χ1n) is 9.86. The Balaban J connectivity index is 1.68. The zero-order valence-corrected chi connectivity index (χ0v) is 18.0. The van der Waals surface area contributed by atoms with E-state index in [1.165, 1.54) is 6.33 Å². The van der Waals surface area contributed by atoms with Gasteiger partial charge in [0.1, 0.15) is 12.1 Å². The van der Waals surface area contributed by atoms with Gasteiger partial charge in [0.2, 0.25) is 5.91 Å². The molecule has 1 aliphatic rings. The van der Waals surface area contributed by atoms with Gasteiger partial charge in [0, 0.05) is 30.3 Å².